The van der Waals surface area contributed by atoms with Crippen LogP contribution in [0, 0.1) is 0 Å². The summed E-state index contributed by atoms with van der Waals surface area (Å²) < 4.78 is 1.81. The summed E-state index contributed by atoms with van der Waals surface area (Å²) in [5, 5.41) is 11.5. The minimum Gasteiger partial charge on any atom is -0.310 e. The van der Waals surface area contributed by atoms with E-state index in [1.54, 1.807) is 10.9 Å². The van der Waals surface area contributed by atoms with Crippen molar-refractivity contribution in [3.63, 3.8) is 0 Å². The van der Waals surface area contributed by atoms with Gasteiger partial charge >= 0.3 is 0 Å². The van der Waals surface area contributed by atoms with Crippen LogP contribution in [0.3, 0.4) is 0 Å². The Bertz CT molecular complexity index is 518. The number of nitrogens with one attached hydrogen (secondary N) is 1. The summed E-state index contributed by atoms with van der Waals surface area (Å²) in [6, 6.07) is 9.04. The first-order valence-electron chi connectivity index (χ1n) is 6.94. The zero-order chi connectivity index (χ0) is 13.7. The van der Waals surface area contributed by atoms with Crippen LogP contribution in [-0.2, 0) is 7.05 Å². The first kappa shape index (κ1) is 13.7. The molecule has 1 aromatic heterocycles. The summed E-state index contributed by atoms with van der Waals surface area (Å²) in [6.07, 6.45) is 4.05. The third-order valence-electron chi connectivity index (χ3n) is 3.35. The van der Waals surface area contributed by atoms with Crippen LogP contribution in [0.25, 0.3) is 11.3 Å². The Kier molecular flexibility index (Phi) is 4.68. The molecule has 0 aliphatic carbocycles. The molecule has 102 valence electrons. The molecule has 19 heavy (non-hydrogen) atoms. The van der Waals surface area contributed by atoms with E-state index in [0.717, 1.165) is 25.1 Å². The molecule has 0 saturated heterocycles. The quantitative estimate of drug-likeness (QED) is 0.866. The van der Waals surface area contributed by atoms with Gasteiger partial charge in [0.25, 0.3) is 0 Å². The van der Waals surface area contributed by atoms with Crippen LogP contribution in [0.4, 0.5) is 0 Å². The zero-order valence-electron chi connectivity index (χ0n) is 11.9. The smallest absolute Gasteiger partial charge is 0.0882 e. The van der Waals surface area contributed by atoms with Crippen molar-refractivity contribution in [1.82, 2.24) is 20.3 Å². The van der Waals surface area contributed by atoms with Crippen molar-refractivity contribution in [3.8, 4) is 11.3 Å². The predicted molar refractivity (Wildman–Crippen MR) is 77.8 cm³/mol. The van der Waals surface area contributed by atoms with E-state index in [4.69, 9.17) is 0 Å². The van der Waals surface area contributed by atoms with E-state index < -0.39 is 0 Å². The van der Waals surface area contributed by atoms with Gasteiger partial charge in [0, 0.05) is 18.7 Å². The van der Waals surface area contributed by atoms with Gasteiger partial charge in [0.05, 0.1) is 11.9 Å². The van der Waals surface area contributed by atoms with Crippen LogP contribution in [0.2, 0.25) is 0 Å². The van der Waals surface area contributed by atoms with Crippen LogP contribution in [0.5, 0.6) is 0 Å². The van der Waals surface area contributed by atoms with Crippen LogP contribution in [0.15, 0.2) is 30.5 Å². The molecule has 1 atom stereocenters. The third kappa shape index (κ3) is 3.20. The highest BCUT2D eigenvalue weighted by Gasteiger charge is 2.10. The summed E-state index contributed by atoms with van der Waals surface area (Å²) in [4.78, 5) is 0. The van der Waals surface area contributed by atoms with Crippen LogP contribution < -0.4 is 5.32 Å². The summed E-state index contributed by atoms with van der Waals surface area (Å²) in [7, 11) is 1.92. The highest BCUT2D eigenvalue weighted by molar-refractivity contribution is 5.59. The SMILES string of the molecule is CCCNC(CC)c1cccc(-c2cnnn2C)c1. The van der Waals surface area contributed by atoms with Gasteiger partial charge in [-0.3, -0.25) is 0 Å². The van der Waals surface area contributed by atoms with Crippen LogP contribution >= 0.6 is 0 Å². The molecule has 0 fully saturated rings. The van der Waals surface area contributed by atoms with Crippen molar-refractivity contribution in [2.75, 3.05) is 6.54 Å². The second-order valence-corrected chi connectivity index (χ2v) is 4.78. The molecule has 1 aromatic carbocycles. The molecule has 0 bridgehead atoms. The van der Waals surface area contributed by atoms with Crippen molar-refractivity contribution in [3.05, 3.63) is 36.0 Å². The van der Waals surface area contributed by atoms with Crippen molar-refractivity contribution in [2.45, 2.75) is 32.7 Å². The number of nitrogens with zero attached hydrogens (tertiary/aromatic N) is 3. The lowest BCUT2D eigenvalue weighted by Crippen LogP contribution is -2.21. The Morgan fingerprint density at radius 2 is 2.16 bits per heavy atom. The fourth-order valence-corrected chi connectivity index (χ4v) is 2.28. The Hall–Kier alpha value is -1.68. The lowest BCUT2D eigenvalue weighted by Gasteiger charge is -2.17. The lowest BCUT2D eigenvalue weighted by molar-refractivity contribution is 0.518. The maximum absolute atomic E-state index is 3.99. The van der Waals surface area contributed by atoms with Gasteiger partial charge in [-0.25, -0.2) is 4.68 Å². The molecule has 0 saturated carbocycles. The minimum absolute atomic E-state index is 0.418. The van der Waals surface area contributed by atoms with Gasteiger partial charge in [-0.1, -0.05) is 37.3 Å². The molecule has 2 rings (SSSR count). The Morgan fingerprint density at radius 3 is 2.79 bits per heavy atom. The first-order chi connectivity index (χ1) is 9.26. The minimum atomic E-state index is 0.418. The second-order valence-electron chi connectivity index (χ2n) is 4.78. The molecule has 4 heteroatoms. The number of hydrogen-bond acceptors (Lipinski definition) is 3. The van der Waals surface area contributed by atoms with E-state index in [-0.39, 0.29) is 0 Å². The summed E-state index contributed by atoms with van der Waals surface area (Å²) >= 11 is 0. The van der Waals surface area contributed by atoms with Gasteiger partial charge in [-0.05, 0) is 31.0 Å². The Labute approximate surface area is 114 Å². The molecule has 0 radical (unpaired) electrons. The van der Waals surface area contributed by atoms with Gasteiger partial charge in [0.15, 0.2) is 0 Å². The average Bonchev–Trinajstić information content (AvgIpc) is 2.86. The maximum Gasteiger partial charge on any atom is 0.0882 e. The molecule has 1 N–H and O–H groups in total. The van der Waals surface area contributed by atoms with E-state index in [1.165, 1.54) is 11.1 Å². The lowest BCUT2D eigenvalue weighted by atomic mass is 10.0. The van der Waals surface area contributed by atoms with Crippen LogP contribution in [-0.4, -0.2) is 21.5 Å². The molecule has 0 aliphatic heterocycles. The summed E-state index contributed by atoms with van der Waals surface area (Å²) in [5.74, 6) is 0. The Morgan fingerprint density at radius 1 is 1.32 bits per heavy atom. The largest absolute Gasteiger partial charge is 0.310 e. The van der Waals surface area contributed by atoms with E-state index in [2.05, 4.69) is 53.7 Å². The molecule has 0 spiro atoms. The van der Waals surface area contributed by atoms with Gasteiger partial charge in [-0.2, -0.15) is 0 Å². The third-order valence-corrected chi connectivity index (χ3v) is 3.35. The van der Waals surface area contributed by atoms with Crippen molar-refractivity contribution < 1.29 is 0 Å². The zero-order valence-corrected chi connectivity index (χ0v) is 11.9. The van der Waals surface area contributed by atoms with Gasteiger partial charge < -0.3 is 5.32 Å². The fraction of sp³-hybridized carbons (Fsp3) is 0.467. The highest BCUT2D eigenvalue weighted by atomic mass is 15.4. The number of benzene rings is 1. The second kappa shape index (κ2) is 6.48. The van der Waals surface area contributed by atoms with Gasteiger partial charge in [0.2, 0.25) is 0 Å². The van der Waals surface area contributed by atoms with E-state index in [9.17, 15) is 0 Å². The standard InChI is InChI=1S/C15H22N4/c1-4-9-16-14(5-2)12-7-6-8-13(10-12)15-11-17-18-19(15)3/h6-8,10-11,14,16H,4-5,9H2,1-3H3. The summed E-state index contributed by atoms with van der Waals surface area (Å²) in [6.45, 7) is 5.46. The first-order valence-corrected chi connectivity index (χ1v) is 6.94. The molecule has 1 heterocycles. The Balaban J connectivity index is 2.26. The van der Waals surface area contributed by atoms with Crippen molar-refractivity contribution >= 4 is 0 Å². The van der Waals surface area contributed by atoms with Gasteiger partial charge in [-0.15, -0.1) is 5.10 Å². The molecular weight excluding hydrogens is 236 g/mol. The molecule has 0 aliphatic rings. The average molecular weight is 258 g/mol. The molecule has 4 nitrogen and oxygen atoms in total. The number of aryl methyl sites for hydroxylation is 1. The predicted octanol–water partition coefficient (Wildman–Crippen LogP) is 2.93. The number of hydrogen-bond donors (Lipinski definition) is 1. The summed E-state index contributed by atoms with van der Waals surface area (Å²) in [5.41, 5.74) is 3.54. The van der Waals surface area contributed by atoms with Gasteiger partial charge in [0.1, 0.15) is 0 Å². The molecule has 0 amide bonds. The molecule has 1 unspecified atom stereocenters. The molecular formula is C15H22N4. The van der Waals surface area contributed by atoms with Crippen molar-refractivity contribution in [1.29, 1.82) is 0 Å². The van der Waals surface area contributed by atoms with Crippen molar-refractivity contribution in [2.24, 2.45) is 7.05 Å². The molecule has 2 aromatic rings. The fourth-order valence-electron chi connectivity index (χ4n) is 2.28. The monoisotopic (exact) mass is 258 g/mol. The number of rotatable bonds is 6. The topological polar surface area (TPSA) is 42.7 Å². The normalized spacial score (nSPS) is 12.6. The van der Waals surface area contributed by atoms with E-state index in [1.807, 2.05) is 7.05 Å². The number of aromatic nitrogens is 3. The van der Waals surface area contributed by atoms with E-state index in [0.29, 0.717) is 6.04 Å². The highest BCUT2D eigenvalue weighted by Crippen LogP contribution is 2.23. The van der Waals surface area contributed by atoms with E-state index >= 15 is 0 Å². The van der Waals surface area contributed by atoms with Crippen LogP contribution in [0.1, 0.15) is 38.3 Å². The maximum atomic E-state index is 3.99.